The first kappa shape index (κ1) is 15.0. The van der Waals surface area contributed by atoms with Gasteiger partial charge < -0.3 is 15.0 Å². The van der Waals surface area contributed by atoms with Crippen LogP contribution in [-0.2, 0) is 11.3 Å². The average Bonchev–Trinajstić information content (AvgIpc) is 2.92. The third kappa shape index (κ3) is 4.07. The van der Waals surface area contributed by atoms with Crippen LogP contribution in [0.15, 0.2) is 6.07 Å². The van der Waals surface area contributed by atoms with Gasteiger partial charge in [0.25, 0.3) is 0 Å². The van der Waals surface area contributed by atoms with Gasteiger partial charge in [-0.2, -0.15) is 0 Å². The molecule has 112 valence electrons. The lowest BCUT2D eigenvalue weighted by atomic mass is 10.1. The molecular formula is C15H26N4O. The summed E-state index contributed by atoms with van der Waals surface area (Å²) in [5, 5.41) is 3.26. The highest BCUT2D eigenvalue weighted by Gasteiger charge is 2.18. The van der Waals surface area contributed by atoms with Gasteiger partial charge in [-0.1, -0.05) is 12.8 Å². The lowest BCUT2D eigenvalue weighted by Gasteiger charge is -2.23. The molecule has 1 saturated carbocycles. The first-order valence-electron chi connectivity index (χ1n) is 7.54. The molecule has 1 aromatic rings. The summed E-state index contributed by atoms with van der Waals surface area (Å²) in [6.07, 6.45) is 5.44. The molecule has 1 fully saturated rings. The summed E-state index contributed by atoms with van der Waals surface area (Å²) in [5.41, 5.74) is 0. The Morgan fingerprint density at radius 2 is 2.10 bits per heavy atom. The van der Waals surface area contributed by atoms with Crippen molar-refractivity contribution in [3.8, 4) is 0 Å². The Bertz CT molecular complexity index is 394. The van der Waals surface area contributed by atoms with Crippen molar-refractivity contribution in [2.75, 3.05) is 37.5 Å². The number of nitrogens with zero attached hydrogens (tertiary/aromatic N) is 3. The molecule has 1 aliphatic carbocycles. The second kappa shape index (κ2) is 7.43. The maximum absolute atomic E-state index is 5.16. The van der Waals surface area contributed by atoms with Crippen LogP contribution in [0.3, 0.4) is 0 Å². The largest absolute Gasteiger partial charge is 0.377 e. The van der Waals surface area contributed by atoms with Gasteiger partial charge in [-0.15, -0.1) is 0 Å². The number of nitrogens with one attached hydrogen (secondary N) is 1. The van der Waals surface area contributed by atoms with Crippen LogP contribution in [0.5, 0.6) is 0 Å². The van der Waals surface area contributed by atoms with Crippen LogP contribution in [0.2, 0.25) is 0 Å². The van der Waals surface area contributed by atoms with E-state index in [1.165, 1.54) is 25.7 Å². The molecule has 0 saturated heterocycles. The van der Waals surface area contributed by atoms with Crippen LogP contribution >= 0.6 is 0 Å². The van der Waals surface area contributed by atoms with Crippen molar-refractivity contribution >= 4 is 11.6 Å². The zero-order valence-corrected chi connectivity index (χ0v) is 12.9. The van der Waals surface area contributed by atoms with E-state index in [-0.39, 0.29) is 0 Å². The average molecular weight is 278 g/mol. The molecule has 1 heterocycles. The van der Waals surface area contributed by atoms with Crippen LogP contribution in [0, 0.1) is 5.92 Å². The fraction of sp³-hybridized carbons (Fsp3) is 0.733. The molecule has 20 heavy (non-hydrogen) atoms. The standard InChI is InChI=1S/C15H26N4O/c1-4-16-13-9-15(18-14(17-13)11-20-3)19(2)10-12-7-5-6-8-12/h9,12H,4-8,10-11H2,1-3H3,(H,16,17,18). The third-order valence-electron chi connectivity index (χ3n) is 3.79. The molecule has 0 atom stereocenters. The number of ether oxygens (including phenoxy) is 1. The summed E-state index contributed by atoms with van der Waals surface area (Å²) in [7, 11) is 3.79. The highest BCUT2D eigenvalue weighted by Crippen LogP contribution is 2.26. The first-order chi connectivity index (χ1) is 9.72. The van der Waals surface area contributed by atoms with E-state index in [1.54, 1.807) is 7.11 Å². The minimum Gasteiger partial charge on any atom is -0.377 e. The fourth-order valence-corrected chi connectivity index (χ4v) is 2.82. The summed E-state index contributed by atoms with van der Waals surface area (Å²) in [6.45, 7) is 4.45. The Morgan fingerprint density at radius 3 is 2.75 bits per heavy atom. The minimum atomic E-state index is 0.448. The van der Waals surface area contributed by atoms with E-state index in [1.807, 2.05) is 6.07 Å². The van der Waals surface area contributed by atoms with Crippen molar-refractivity contribution in [1.29, 1.82) is 0 Å². The molecular weight excluding hydrogens is 252 g/mol. The van der Waals surface area contributed by atoms with Crippen LogP contribution < -0.4 is 10.2 Å². The normalized spacial score (nSPS) is 15.6. The molecule has 0 bridgehead atoms. The van der Waals surface area contributed by atoms with Gasteiger partial charge in [0.15, 0.2) is 5.82 Å². The molecule has 2 rings (SSSR count). The van der Waals surface area contributed by atoms with Gasteiger partial charge in [0.2, 0.25) is 0 Å². The number of rotatable bonds is 7. The molecule has 0 aromatic carbocycles. The Labute approximate surface area is 121 Å². The summed E-state index contributed by atoms with van der Waals surface area (Å²) in [4.78, 5) is 11.3. The SMILES string of the molecule is CCNc1cc(N(C)CC2CCCC2)nc(COC)n1. The molecule has 1 aliphatic rings. The second-order valence-corrected chi connectivity index (χ2v) is 5.52. The molecule has 0 aliphatic heterocycles. The zero-order chi connectivity index (χ0) is 14.4. The first-order valence-corrected chi connectivity index (χ1v) is 7.54. The Morgan fingerprint density at radius 1 is 1.35 bits per heavy atom. The monoisotopic (exact) mass is 278 g/mol. The lowest BCUT2D eigenvalue weighted by molar-refractivity contribution is 0.178. The van der Waals surface area contributed by atoms with E-state index in [2.05, 4.69) is 34.2 Å². The topological polar surface area (TPSA) is 50.3 Å². The molecule has 5 heteroatoms. The lowest BCUT2D eigenvalue weighted by Crippen LogP contribution is -2.25. The van der Waals surface area contributed by atoms with E-state index in [0.717, 1.165) is 36.5 Å². The van der Waals surface area contributed by atoms with E-state index < -0.39 is 0 Å². The van der Waals surface area contributed by atoms with Gasteiger partial charge in [0, 0.05) is 33.3 Å². The molecule has 0 radical (unpaired) electrons. The number of anilines is 2. The molecule has 0 unspecified atom stereocenters. The predicted molar refractivity (Wildman–Crippen MR) is 82.1 cm³/mol. The van der Waals surface area contributed by atoms with E-state index in [4.69, 9.17) is 4.74 Å². The Hall–Kier alpha value is -1.36. The van der Waals surface area contributed by atoms with Crippen molar-refractivity contribution < 1.29 is 4.74 Å². The highest BCUT2D eigenvalue weighted by molar-refractivity contribution is 5.49. The van der Waals surface area contributed by atoms with Gasteiger partial charge in [-0.25, -0.2) is 9.97 Å². The van der Waals surface area contributed by atoms with Crippen LogP contribution in [-0.4, -0.2) is 37.2 Å². The summed E-state index contributed by atoms with van der Waals surface area (Å²) >= 11 is 0. The number of hydrogen-bond acceptors (Lipinski definition) is 5. The minimum absolute atomic E-state index is 0.448. The van der Waals surface area contributed by atoms with Crippen LogP contribution in [0.4, 0.5) is 11.6 Å². The molecule has 1 aromatic heterocycles. The summed E-state index contributed by atoms with van der Waals surface area (Å²) in [6, 6.07) is 2.03. The van der Waals surface area contributed by atoms with Crippen molar-refractivity contribution in [3.05, 3.63) is 11.9 Å². The maximum Gasteiger partial charge on any atom is 0.158 e. The van der Waals surface area contributed by atoms with Gasteiger partial charge in [-0.05, 0) is 25.7 Å². The van der Waals surface area contributed by atoms with E-state index >= 15 is 0 Å². The quantitative estimate of drug-likeness (QED) is 0.831. The van der Waals surface area contributed by atoms with Crippen molar-refractivity contribution in [1.82, 2.24) is 9.97 Å². The van der Waals surface area contributed by atoms with Gasteiger partial charge in [0.05, 0.1) is 0 Å². The van der Waals surface area contributed by atoms with Gasteiger partial charge >= 0.3 is 0 Å². The number of aromatic nitrogens is 2. The van der Waals surface area contributed by atoms with Crippen LogP contribution in [0.1, 0.15) is 38.4 Å². The fourth-order valence-electron chi connectivity index (χ4n) is 2.82. The van der Waals surface area contributed by atoms with E-state index in [9.17, 15) is 0 Å². The van der Waals surface area contributed by atoms with Gasteiger partial charge in [0.1, 0.15) is 18.2 Å². The Kier molecular flexibility index (Phi) is 5.59. The molecule has 0 amide bonds. The second-order valence-electron chi connectivity index (χ2n) is 5.52. The molecule has 1 N–H and O–H groups in total. The van der Waals surface area contributed by atoms with Crippen LogP contribution in [0.25, 0.3) is 0 Å². The zero-order valence-electron chi connectivity index (χ0n) is 12.9. The van der Waals surface area contributed by atoms with Crippen molar-refractivity contribution in [2.24, 2.45) is 5.92 Å². The summed E-state index contributed by atoms with van der Waals surface area (Å²) in [5.74, 6) is 3.40. The third-order valence-corrected chi connectivity index (χ3v) is 3.79. The van der Waals surface area contributed by atoms with Crippen molar-refractivity contribution in [2.45, 2.75) is 39.2 Å². The highest BCUT2D eigenvalue weighted by atomic mass is 16.5. The number of methoxy groups -OCH3 is 1. The molecule has 0 spiro atoms. The molecule has 5 nitrogen and oxygen atoms in total. The Balaban J connectivity index is 2.10. The van der Waals surface area contributed by atoms with E-state index in [0.29, 0.717) is 6.61 Å². The van der Waals surface area contributed by atoms with Crippen molar-refractivity contribution in [3.63, 3.8) is 0 Å². The predicted octanol–water partition coefficient (Wildman–Crippen LogP) is 2.68. The number of hydrogen-bond donors (Lipinski definition) is 1. The summed E-state index contributed by atoms with van der Waals surface area (Å²) < 4.78 is 5.16. The van der Waals surface area contributed by atoms with Gasteiger partial charge in [-0.3, -0.25) is 0 Å². The smallest absolute Gasteiger partial charge is 0.158 e. The maximum atomic E-state index is 5.16.